The molecule has 5 nitrogen and oxygen atoms in total. The molecule has 0 saturated heterocycles. The first kappa shape index (κ1) is 26.8. The van der Waals surface area contributed by atoms with Gasteiger partial charge in [0.15, 0.2) is 11.6 Å². The normalized spacial score (nSPS) is 11.2. The van der Waals surface area contributed by atoms with Crippen molar-refractivity contribution in [3.8, 4) is 22.9 Å². The first-order chi connectivity index (χ1) is 16.3. The highest BCUT2D eigenvalue weighted by atomic mass is 16.5. The molecule has 2 rings (SSSR count). The molecule has 0 aliphatic rings. The second-order valence-electron chi connectivity index (χ2n) is 8.27. The lowest BCUT2D eigenvalue weighted by Crippen LogP contribution is -2.02. The molecule has 0 spiro atoms. The molecule has 0 aliphatic carbocycles. The number of rotatable bonds is 19. The van der Waals surface area contributed by atoms with Crippen molar-refractivity contribution in [2.45, 2.75) is 78.1 Å². The summed E-state index contributed by atoms with van der Waals surface area (Å²) in [5.41, 5.74) is 0.959. The van der Waals surface area contributed by atoms with Crippen LogP contribution in [0.4, 0.5) is 0 Å². The zero-order valence-corrected chi connectivity index (χ0v) is 20.6. The largest absolute Gasteiger partial charge is 0.490 e. The Bertz CT molecular complexity index is 745. The van der Waals surface area contributed by atoms with Crippen LogP contribution in [0.2, 0.25) is 0 Å². The van der Waals surface area contributed by atoms with Crippen LogP contribution in [0.5, 0.6) is 11.5 Å². The van der Waals surface area contributed by atoms with Gasteiger partial charge in [-0.1, -0.05) is 58.1 Å². The lowest BCUT2D eigenvalue weighted by molar-refractivity contribution is 0.122. The smallest absolute Gasteiger partial charge is 0.159 e. The monoisotopic (exact) mass is 454 g/mol. The van der Waals surface area contributed by atoms with Crippen LogP contribution in [0, 0.1) is 0 Å². The molecule has 0 aliphatic heterocycles. The maximum Gasteiger partial charge on any atom is 0.159 e. The fourth-order valence-electron chi connectivity index (χ4n) is 3.31. The Labute approximate surface area is 200 Å². The number of unbranched alkanes of at least 4 members (excludes halogenated alkanes) is 7. The number of allylic oxidation sites excluding steroid dienone is 1. The molecule has 0 fully saturated rings. The molecule has 0 saturated carbocycles. The summed E-state index contributed by atoms with van der Waals surface area (Å²) in [7, 11) is 0. The van der Waals surface area contributed by atoms with Gasteiger partial charge in [0.25, 0.3) is 0 Å². The molecule has 0 amide bonds. The Morgan fingerprint density at radius 1 is 0.667 bits per heavy atom. The van der Waals surface area contributed by atoms with Crippen molar-refractivity contribution >= 4 is 0 Å². The highest BCUT2D eigenvalue weighted by Gasteiger charge is 2.03. The molecule has 182 valence electrons. The van der Waals surface area contributed by atoms with E-state index in [2.05, 4.69) is 36.0 Å². The van der Waals surface area contributed by atoms with E-state index in [0.717, 1.165) is 50.2 Å². The van der Waals surface area contributed by atoms with Crippen LogP contribution in [0.1, 0.15) is 78.1 Å². The molecule has 1 heterocycles. The van der Waals surface area contributed by atoms with Gasteiger partial charge in [0.2, 0.25) is 0 Å². The van der Waals surface area contributed by atoms with E-state index in [4.69, 9.17) is 14.2 Å². The molecular weight excluding hydrogens is 412 g/mol. The van der Waals surface area contributed by atoms with Gasteiger partial charge >= 0.3 is 0 Å². The van der Waals surface area contributed by atoms with Crippen LogP contribution in [-0.2, 0) is 4.74 Å². The molecular formula is C28H42N2O3. The van der Waals surface area contributed by atoms with Gasteiger partial charge in [0.1, 0.15) is 12.4 Å². The Morgan fingerprint density at radius 2 is 1.33 bits per heavy atom. The summed E-state index contributed by atoms with van der Waals surface area (Å²) in [4.78, 5) is 8.88. The Morgan fingerprint density at radius 3 is 2.06 bits per heavy atom. The van der Waals surface area contributed by atoms with Gasteiger partial charge in [-0.2, -0.15) is 0 Å². The van der Waals surface area contributed by atoms with Gasteiger partial charge in [-0.25, -0.2) is 9.97 Å². The predicted octanol–water partition coefficient (Wildman–Crippen LogP) is 7.41. The average Bonchev–Trinajstić information content (AvgIpc) is 2.85. The number of benzene rings is 1. The second-order valence-corrected chi connectivity index (χ2v) is 8.27. The summed E-state index contributed by atoms with van der Waals surface area (Å²) in [6.07, 6.45) is 19.7. The fraction of sp³-hybridized carbons (Fsp3) is 0.571. The van der Waals surface area contributed by atoms with E-state index < -0.39 is 0 Å². The summed E-state index contributed by atoms with van der Waals surface area (Å²) in [5.74, 6) is 2.23. The number of hydrogen-bond acceptors (Lipinski definition) is 5. The number of ether oxygens (including phenoxy) is 3. The quantitative estimate of drug-likeness (QED) is 0.163. The lowest BCUT2D eigenvalue weighted by Gasteiger charge is -2.07. The molecule has 0 unspecified atom stereocenters. The Kier molecular flexibility index (Phi) is 14.7. The second kappa shape index (κ2) is 18.1. The first-order valence-corrected chi connectivity index (χ1v) is 12.7. The van der Waals surface area contributed by atoms with Gasteiger partial charge in [0, 0.05) is 18.8 Å². The third-order valence-electron chi connectivity index (χ3n) is 5.32. The Hall–Kier alpha value is -2.40. The zero-order chi connectivity index (χ0) is 23.4. The highest BCUT2D eigenvalue weighted by Crippen LogP contribution is 2.20. The van der Waals surface area contributed by atoms with Crippen molar-refractivity contribution in [3.63, 3.8) is 0 Å². The maximum absolute atomic E-state index is 5.78. The molecule has 1 aromatic heterocycles. The standard InChI is InChI=1S/C28H42N2O3/c1-3-5-7-8-9-10-12-21-32-26-17-15-25(16-18-26)28-29-23-27(24-30-28)33-22-14-13-20-31-19-11-6-4-2/h10,12,15-18,23-24H,3-9,11,13-14,19-22H2,1-2H3/b12-10+. The SMILES string of the molecule is CCCCCC/C=C/COc1ccc(-c2ncc(OCCCCOCCCCC)cn2)cc1. The Balaban J connectivity index is 1.62. The van der Waals surface area contributed by atoms with Crippen LogP contribution < -0.4 is 9.47 Å². The molecule has 0 radical (unpaired) electrons. The van der Waals surface area contributed by atoms with Crippen molar-refractivity contribution in [3.05, 3.63) is 48.8 Å². The molecule has 5 heteroatoms. The maximum atomic E-state index is 5.78. The lowest BCUT2D eigenvalue weighted by atomic mass is 10.1. The number of aromatic nitrogens is 2. The van der Waals surface area contributed by atoms with Crippen molar-refractivity contribution in [2.24, 2.45) is 0 Å². The van der Waals surface area contributed by atoms with Crippen molar-refractivity contribution in [1.82, 2.24) is 9.97 Å². The molecule has 0 bridgehead atoms. The van der Waals surface area contributed by atoms with E-state index >= 15 is 0 Å². The third-order valence-corrected chi connectivity index (χ3v) is 5.32. The highest BCUT2D eigenvalue weighted by molar-refractivity contribution is 5.56. The van der Waals surface area contributed by atoms with Gasteiger partial charge in [-0.3, -0.25) is 0 Å². The van der Waals surface area contributed by atoms with E-state index in [0.29, 0.717) is 24.8 Å². The van der Waals surface area contributed by atoms with E-state index in [-0.39, 0.29) is 0 Å². The first-order valence-electron chi connectivity index (χ1n) is 12.7. The minimum Gasteiger partial charge on any atom is -0.490 e. The third kappa shape index (κ3) is 12.4. The van der Waals surface area contributed by atoms with E-state index in [1.807, 2.05) is 24.3 Å². The molecule has 33 heavy (non-hydrogen) atoms. The minimum atomic E-state index is 0.598. The van der Waals surface area contributed by atoms with Crippen molar-refractivity contribution < 1.29 is 14.2 Å². The summed E-state index contributed by atoms with van der Waals surface area (Å²) < 4.78 is 17.1. The zero-order valence-electron chi connectivity index (χ0n) is 20.6. The topological polar surface area (TPSA) is 53.5 Å². The number of hydrogen-bond donors (Lipinski definition) is 0. The van der Waals surface area contributed by atoms with E-state index in [9.17, 15) is 0 Å². The minimum absolute atomic E-state index is 0.598. The number of nitrogens with zero attached hydrogens (tertiary/aromatic N) is 2. The van der Waals surface area contributed by atoms with Crippen LogP contribution in [0.15, 0.2) is 48.8 Å². The van der Waals surface area contributed by atoms with Crippen LogP contribution in [-0.4, -0.2) is 36.4 Å². The molecule has 2 aromatic rings. The van der Waals surface area contributed by atoms with E-state index in [1.54, 1.807) is 12.4 Å². The fourth-order valence-corrected chi connectivity index (χ4v) is 3.31. The summed E-state index contributed by atoms with van der Waals surface area (Å²) in [5, 5.41) is 0. The van der Waals surface area contributed by atoms with E-state index in [1.165, 1.54) is 38.5 Å². The summed E-state index contributed by atoms with van der Waals surface area (Å²) >= 11 is 0. The van der Waals surface area contributed by atoms with Crippen LogP contribution in [0.25, 0.3) is 11.4 Å². The summed E-state index contributed by atoms with van der Waals surface area (Å²) in [6.45, 7) is 7.36. The predicted molar refractivity (Wildman–Crippen MR) is 136 cm³/mol. The molecule has 0 atom stereocenters. The molecule has 0 N–H and O–H groups in total. The summed E-state index contributed by atoms with van der Waals surface area (Å²) in [6, 6.07) is 7.89. The van der Waals surface area contributed by atoms with Crippen LogP contribution in [0.3, 0.4) is 0 Å². The molecule has 1 aromatic carbocycles. The average molecular weight is 455 g/mol. The van der Waals surface area contributed by atoms with Crippen molar-refractivity contribution in [2.75, 3.05) is 26.4 Å². The van der Waals surface area contributed by atoms with Gasteiger partial charge in [0.05, 0.1) is 19.0 Å². The van der Waals surface area contributed by atoms with Gasteiger partial charge in [-0.15, -0.1) is 0 Å². The van der Waals surface area contributed by atoms with Crippen molar-refractivity contribution in [1.29, 1.82) is 0 Å². The van der Waals surface area contributed by atoms with Gasteiger partial charge < -0.3 is 14.2 Å². The van der Waals surface area contributed by atoms with Crippen LogP contribution >= 0.6 is 0 Å². The van der Waals surface area contributed by atoms with Gasteiger partial charge in [-0.05, 0) is 56.4 Å².